The van der Waals surface area contributed by atoms with Crippen LogP contribution in [0.3, 0.4) is 0 Å². The van der Waals surface area contributed by atoms with Crippen molar-refractivity contribution in [3.05, 3.63) is 57.8 Å². The fourth-order valence-electron chi connectivity index (χ4n) is 11.0. The summed E-state index contributed by atoms with van der Waals surface area (Å²) in [5.74, 6) is 2.40. The smallest absolute Gasteiger partial charge is 0.166 e. The van der Waals surface area contributed by atoms with Crippen molar-refractivity contribution < 1.29 is 4.79 Å². The Morgan fingerprint density at radius 1 is 0.641 bits per heavy atom. The average Bonchev–Trinajstić information content (AvgIpc) is 4.16. The summed E-state index contributed by atoms with van der Waals surface area (Å²) in [4.78, 5) is 41.6. The van der Waals surface area contributed by atoms with Gasteiger partial charge in [-0.15, -0.1) is 23.5 Å². The highest BCUT2D eigenvalue weighted by Gasteiger charge is 2.33. The molecule has 2 saturated carbocycles. The highest BCUT2D eigenvalue weighted by atomic mass is 35.5. The lowest BCUT2D eigenvalue weighted by Crippen LogP contribution is -2.57. The second kappa shape index (κ2) is 20.2. The number of ketones is 1. The summed E-state index contributed by atoms with van der Waals surface area (Å²) >= 11 is 16.8. The molecule has 2 saturated heterocycles. The van der Waals surface area contributed by atoms with Gasteiger partial charge in [0.25, 0.3) is 0 Å². The third kappa shape index (κ3) is 10.4. The van der Waals surface area contributed by atoms with E-state index in [9.17, 15) is 4.79 Å². The molecule has 4 aliphatic heterocycles. The average molecular weight is 946 g/mol. The van der Waals surface area contributed by atoms with Crippen LogP contribution in [0.2, 0.25) is 10.0 Å². The molecule has 4 N–H and O–H groups in total. The van der Waals surface area contributed by atoms with Gasteiger partial charge in [-0.25, -0.2) is 0 Å². The van der Waals surface area contributed by atoms with Crippen LogP contribution in [0.15, 0.2) is 46.4 Å². The first kappa shape index (κ1) is 45.1. The van der Waals surface area contributed by atoms with Gasteiger partial charge < -0.3 is 30.4 Å². The van der Waals surface area contributed by atoms with Gasteiger partial charge in [0.1, 0.15) is 10.1 Å². The van der Waals surface area contributed by atoms with Crippen LogP contribution in [0.1, 0.15) is 89.4 Å². The molecule has 4 fully saturated rings. The number of H-pyrrole nitrogens is 2. The number of benzene rings is 2. The number of piperazine rings is 2. The van der Waals surface area contributed by atoms with E-state index >= 15 is 0 Å². The van der Waals surface area contributed by atoms with Gasteiger partial charge in [0, 0.05) is 110 Å². The van der Waals surface area contributed by atoms with Gasteiger partial charge in [-0.2, -0.15) is 0 Å². The van der Waals surface area contributed by atoms with Crippen LogP contribution in [0.5, 0.6) is 0 Å². The number of halogens is 2. The lowest BCUT2D eigenvalue weighted by Gasteiger charge is -2.41. The molecule has 64 heavy (non-hydrogen) atoms. The first-order valence-electron chi connectivity index (χ1n) is 24.2. The first-order chi connectivity index (χ1) is 31.2. The summed E-state index contributed by atoms with van der Waals surface area (Å²) in [5.41, 5.74) is 6.67. The van der Waals surface area contributed by atoms with Crippen molar-refractivity contribution in [2.24, 2.45) is 9.98 Å². The molecular formula is C49H66Cl2N10OS2. The van der Waals surface area contributed by atoms with E-state index in [-0.39, 0.29) is 12.1 Å². The van der Waals surface area contributed by atoms with Crippen molar-refractivity contribution in [3.8, 4) is 0 Å². The van der Waals surface area contributed by atoms with Gasteiger partial charge in [0.2, 0.25) is 0 Å². The van der Waals surface area contributed by atoms with Crippen molar-refractivity contribution in [2.45, 2.75) is 114 Å². The van der Waals surface area contributed by atoms with Gasteiger partial charge >= 0.3 is 0 Å². The Bertz CT molecular complexity index is 2180. The Morgan fingerprint density at radius 3 is 1.45 bits per heavy atom. The van der Waals surface area contributed by atoms with E-state index in [1.54, 1.807) is 0 Å². The molecule has 0 bridgehead atoms. The molecule has 4 atom stereocenters. The molecule has 10 rings (SSSR count). The number of carbonyl (C=O) groups is 1. The van der Waals surface area contributed by atoms with Crippen molar-refractivity contribution in [3.63, 3.8) is 0 Å². The van der Waals surface area contributed by atoms with Crippen LogP contribution in [-0.4, -0.2) is 159 Å². The van der Waals surface area contributed by atoms with Crippen LogP contribution in [0, 0.1) is 0 Å². The maximum absolute atomic E-state index is 13.9. The van der Waals surface area contributed by atoms with Crippen LogP contribution in [0.25, 0.3) is 21.8 Å². The van der Waals surface area contributed by atoms with Crippen LogP contribution in [-0.2, 0) is 4.79 Å². The van der Waals surface area contributed by atoms with Crippen molar-refractivity contribution in [2.75, 3.05) is 87.6 Å². The molecule has 2 aliphatic carbocycles. The Labute approximate surface area is 397 Å². The van der Waals surface area contributed by atoms with Gasteiger partial charge in [-0.05, 0) is 88.8 Å². The summed E-state index contributed by atoms with van der Waals surface area (Å²) < 4.78 is 0. The number of Topliss-reactive ketones (excluding diaryl/α,β-unsaturated/α-hetero) is 1. The molecule has 4 aromatic rings. The number of anilines is 2. The topological polar surface area (TPSA) is 110 Å². The van der Waals surface area contributed by atoms with E-state index in [4.69, 9.17) is 33.2 Å². The third-order valence-corrected chi connectivity index (χ3v) is 17.7. The van der Waals surface area contributed by atoms with E-state index in [1.165, 1.54) is 51.4 Å². The number of hydrogen-bond acceptors (Lipinski definition) is 11. The molecule has 344 valence electrons. The predicted octanol–water partition coefficient (Wildman–Crippen LogP) is 9.45. The lowest BCUT2D eigenvalue weighted by atomic mass is 10.0. The SMILES string of the molecule is CC(C(=O)C(C)N1CCN(CC[C@H]2CSC(c3cc4cc(Cl)cc(NC5CCCC5)c4[nH]3)=N2)CC1)N1CCN(CC[C@H]2CSC(c3cc4cc(Cl)cc(NC5CCCC5)c4[nH]3)=N2)CC1. The van der Waals surface area contributed by atoms with E-state index in [2.05, 4.69) is 90.4 Å². The highest BCUT2D eigenvalue weighted by molar-refractivity contribution is 8.15. The minimum absolute atomic E-state index is 0.0648. The summed E-state index contributed by atoms with van der Waals surface area (Å²) in [6.07, 6.45) is 12.2. The lowest BCUT2D eigenvalue weighted by molar-refractivity contribution is -0.130. The molecule has 0 radical (unpaired) electrons. The third-order valence-electron chi connectivity index (χ3n) is 15.0. The van der Waals surface area contributed by atoms with Crippen LogP contribution < -0.4 is 10.6 Å². The van der Waals surface area contributed by atoms with Crippen LogP contribution >= 0.6 is 46.7 Å². The van der Waals surface area contributed by atoms with E-state index in [1.807, 2.05) is 23.5 Å². The summed E-state index contributed by atoms with van der Waals surface area (Å²) in [6.45, 7) is 14.1. The van der Waals surface area contributed by atoms with Crippen molar-refractivity contribution >= 4 is 95.8 Å². The number of aromatic amines is 2. The zero-order valence-electron chi connectivity index (χ0n) is 37.6. The second-order valence-electron chi connectivity index (χ2n) is 19.3. The number of nitrogens with zero attached hydrogens (tertiary/aromatic N) is 6. The first-order valence-corrected chi connectivity index (χ1v) is 27.0. The number of aromatic nitrogens is 2. The maximum Gasteiger partial charge on any atom is 0.166 e. The molecule has 6 heterocycles. The Morgan fingerprint density at radius 2 is 1.05 bits per heavy atom. The van der Waals surface area contributed by atoms with E-state index in [0.29, 0.717) is 30.0 Å². The standard InChI is InChI=1S/C49H66Cl2N10OS2/c1-31(60-19-15-58(16-20-60)13-11-39-29-63-48(54-39)43-25-33-23-35(50)27-41(45(33)56-43)52-37-7-3-4-8-37)47(62)32(2)61-21-17-59(18-22-61)14-12-40-30-64-49(55-40)44-26-34-24-36(51)28-42(46(34)57-44)53-38-9-5-6-10-38/h23-28,31-32,37-40,52-53,56-57H,3-22,29-30H2,1-2H3/t31?,32?,39-,40-/m0/s1. The van der Waals surface area contributed by atoms with Gasteiger partial charge in [-0.1, -0.05) is 48.9 Å². The molecular weight excluding hydrogens is 880 g/mol. The molecule has 0 amide bonds. The number of hydrogen-bond donors (Lipinski definition) is 4. The summed E-state index contributed by atoms with van der Waals surface area (Å²) in [5, 5.41) is 13.6. The number of carbonyl (C=O) groups excluding carboxylic acids is 1. The van der Waals surface area contributed by atoms with E-state index in [0.717, 1.165) is 154 Å². The fraction of sp³-hybridized carbons (Fsp3) is 0.612. The van der Waals surface area contributed by atoms with Gasteiger partial charge in [0.15, 0.2) is 5.78 Å². The zero-order valence-corrected chi connectivity index (χ0v) is 40.8. The molecule has 15 heteroatoms. The Kier molecular flexibility index (Phi) is 14.2. The number of aliphatic imine (C=N–C) groups is 2. The second-order valence-corrected chi connectivity index (χ2v) is 22.2. The number of fused-ring (bicyclic) bond motifs is 2. The van der Waals surface area contributed by atoms with Crippen molar-refractivity contribution in [1.29, 1.82) is 0 Å². The molecule has 2 unspecified atom stereocenters. The number of thioether (sulfide) groups is 2. The predicted molar refractivity (Wildman–Crippen MR) is 273 cm³/mol. The molecule has 6 aliphatic rings. The largest absolute Gasteiger partial charge is 0.381 e. The Hall–Kier alpha value is -2.75. The molecule has 0 spiro atoms. The van der Waals surface area contributed by atoms with E-state index < -0.39 is 0 Å². The Balaban J connectivity index is 0.641. The molecule has 2 aromatic carbocycles. The molecule has 11 nitrogen and oxygen atoms in total. The van der Waals surface area contributed by atoms with Crippen LogP contribution in [0.4, 0.5) is 11.4 Å². The number of nitrogens with one attached hydrogen (secondary N) is 4. The fourth-order valence-corrected chi connectivity index (χ4v) is 13.6. The minimum atomic E-state index is -0.0648. The van der Waals surface area contributed by atoms with Crippen molar-refractivity contribution in [1.82, 2.24) is 29.6 Å². The summed E-state index contributed by atoms with van der Waals surface area (Å²) in [6, 6.07) is 14.2. The quantitative estimate of drug-likeness (QED) is 0.0874. The normalized spacial score (nSPS) is 24.6. The summed E-state index contributed by atoms with van der Waals surface area (Å²) in [7, 11) is 0. The van der Waals surface area contributed by atoms with Gasteiger partial charge in [0.05, 0.1) is 58.0 Å². The minimum Gasteiger partial charge on any atom is -0.381 e. The maximum atomic E-state index is 13.9. The van der Waals surface area contributed by atoms with Gasteiger partial charge in [-0.3, -0.25) is 24.6 Å². The monoisotopic (exact) mass is 944 g/mol. The highest BCUT2D eigenvalue weighted by Crippen LogP contribution is 2.36. The zero-order chi connectivity index (χ0) is 43.7. The number of rotatable bonds is 16. The molecule has 2 aromatic heterocycles.